The highest BCUT2D eigenvalue weighted by Crippen LogP contribution is 2.16. The van der Waals surface area contributed by atoms with Crippen LogP contribution in [0.2, 0.25) is 0 Å². The molecule has 0 aliphatic carbocycles. The van der Waals surface area contributed by atoms with Crippen molar-refractivity contribution in [1.29, 1.82) is 0 Å². The fourth-order valence-electron chi connectivity index (χ4n) is 1.83. The SMILES string of the molecule is CC(C)c1nnc2ccc(NC(=O)NCCC(=O)O)cn12. The minimum absolute atomic E-state index is 0.0767. The van der Waals surface area contributed by atoms with Crippen LogP contribution in [0.3, 0.4) is 0 Å². The molecule has 2 aromatic heterocycles. The first-order chi connectivity index (χ1) is 9.97. The van der Waals surface area contributed by atoms with Crippen LogP contribution in [0.25, 0.3) is 5.65 Å². The number of hydrogen-bond donors (Lipinski definition) is 3. The molecule has 2 heterocycles. The maximum absolute atomic E-state index is 11.6. The first-order valence-electron chi connectivity index (χ1n) is 6.58. The molecule has 2 aromatic rings. The molecule has 21 heavy (non-hydrogen) atoms. The zero-order chi connectivity index (χ0) is 15.4. The second-order valence-electron chi connectivity index (χ2n) is 4.88. The monoisotopic (exact) mass is 291 g/mol. The summed E-state index contributed by atoms with van der Waals surface area (Å²) >= 11 is 0. The number of carboxylic acid groups (broad SMARTS) is 1. The Hall–Kier alpha value is -2.64. The molecule has 0 aliphatic heterocycles. The number of nitrogens with one attached hydrogen (secondary N) is 2. The van der Waals surface area contributed by atoms with E-state index in [0.717, 1.165) is 5.82 Å². The summed E-state index contributed by atoms with van der Waals surface area (Å²) in [5.74, 6) is 0.0577. The fourth-order valence-corrected chi connectivity index (χ4v) is 1.83. The third kappa shape index (κ3) is 3.68. The Morgan fingerprint density at radius 1 is 1.33 bits per heavy atom. The molecule has 0 atom stereocenters. The summed E-state index contributed by atoms with van der Waals surface area (Å²) in [5.41, 5.74) is 1.28. The maximum atomic E-state index is 11.6. The summed E-state index contributed by atoms with van der Waals surface area (Å²) in [6.07, 6.45) is 1.62. The Balaban J connectivity index is 2.06. The smallest absolute Gasteiger partial charge is 0.319 e. The first kappa shape index (κ1) is 14.8. The van der Waals surface area contributed by atoms with Crippen LogP contribution >= 0.6 is 0 Å². The van der Waals surface area contributed by atoms with Gasteiger partial charge in [-0.25, -0.2) is 4.79 Å². The molecule has 112 valence electrons. The quantitative estimate of drug-likeness (QED) is 0.772. The van der Waals surface area contributed by atoms with Crippen LogP contribution in [0.4, 0.5) is 10.5 Å². The summed E-state index contributed by atoms with van der Waals surface area (Å²) in [4.78, 5) is 22.0. The van der Waals surface area contributed by atoms with Gasteiger partial charge in [0.25, 0.3) is 0 Å². The Labute approximate surface area is 121 Å². The van der Waals surface area contributed by atoms with Crippen molar-refractivity contribution in [3.63, 3.8) is 0 Å². The van der Waals surface area contributed by atoms with E-state index in [1.165, 1.54) is 0 Å². The number of anilines is 1. The van der Waals surface area contributed by atoms with Crippen LogP contribution in [0.5, 0.6) is 0 Å². The molecule has 3 N–H and O–H groups in total. The van der Waals surface area contributed by atoms with Crippen molar-refractivity contribution in [3.05, 3.63) is 24.2 Å². The zero-order valence-corrected chi connectivity index (χ0v) is 11.8. The van der Waals surface area contributed by atoms with Gasteiger partial charge in [-0.1, -0.05) is 13.8 Å². The molecule has 0 aliphatic rings. The maximum Gasteiger partial charge on any atom is 0.319 e. The first-order valence-corrected chi connectivity index (χ1v) is 6.58. The van der Waals surface area contributed by atoms with Gasteiger partial charge in [-0.2, -0.15) is 0 Å². The Bertz CT molecular complexity index is 665. The van der Waals surface area contributed by atoms with Crippen LogP contribution in [0.1, 0.15) is 32.0 Å². The van der Waals surface area contributed by atoms with E-state index in [1.807, 2.05) is 18.2 Å². The van der Waals surface area contributed by atoms with E-state index in [0.29, 0.717) is 11.3 Å². The van der Waals surface area contributed by atoms with E-state index in [1.54, 1.807) is 18.3 Å². The van der Waals surface area contributed by atoms with E-state index in [9.17, 15) is 9.59 Å². The largest absolute Gasteiger partial charge is 0.481 e. The van der Waals surface area contributed by atoms with E-state index in [4.69, 9.17) is 5.11 Å². The average Bonchev–Trinajstić information content (AvgIpc) is 2.81. The van der Waals surface area contributed by atoms with Crippen LogP contribution in [-0.4, -0.2) is 38.2 Å². The van der Waals surface area contributed by atoms with Crippen LogP contribution in [0.15, 0.2) is 18.3 Å². The number of urea groups is 1. The number of rotatable bonds is 5. The molecular formula is C13H17N5O3. The number of amides is 2. The van der Waals surface area contributed by atoms with E-state index in [-0.39, 0.29) is 18.9 Å². The van der Waals surface area contributed by atoms with Gasteiger partial charge in [0.1, 0.15) is 5.82 Å². The van der Waals surface area contributed by atoms with Crippen LogP contribution in [0, 0.1) is 0 Å². The van der Waals surface area contributed by atoms with E-state index < -0.39 is 12.0 Å². The topological polar surface area (TPSA) is 109 Å². The fraction of sp³-hybridized carbons (Fsp3) is 0.385. The highest BCUT2D eigenvalue weighted by molar-refractivity contribution is 5.89. The second kappa shape index (κ2) is 6.21. The number of carbonyl (C=O) groups is 2. The molecule has 0 bridgehead atoms. The number of aliphatic carboxylic acids is 1. The number of pyridine rings is 1. The van der Waals surface area contributed by atoms with Crippen molar-refractivity contribution in [2.24, 2.45) is 0 Å². The van der Waals surface area contributed by atoms with Gasteiger partial charge in [-0.05, 0) is 12.1 Å². The van der Waals surface area contributed by atoms with Crippen molar-refractivity contribution in [2.45, 2.75) is 26.2 Å². The van der Waals surface area contributed by atoms with Crippen LogP contribution in [-0.2, 0) is 4.79 Å². The summed E-state index contributed by atoms with van der Waals surface area (Å²) < 4.78 is 1.82. The van der Waals surface area contributed by atoms with Gasteiger partial charge in [0.15, 0.2) is 5.65 Å². The molecular weight excluding hydrogens is 274 g/mol. The Morgan fingerprint density at radius 2 is 2.10 bits per heavy atom. The number of carboxylic acids is 1. The lowest BCUT2D eigenvalue weighted by atomic mass is 10.2. The molecule has 0 saturated carbocycles. The summed E-state index contributed by atoms with van der Waals surface area (Å²) in [6, 6.07) is 3.02. The third-order valence-electron chi connectivity index (χ3n) is 2.83. The number of carbonyl (C=O) groups excluding carboxylic acids is 1. The third-order valence-corrected chi connectivity index (χ3v) is 2.83. The van der Waals surface area contributed by atoms with Crippen molar-refractivity contribution in [1.82, 2.24) is 19.9 Å². The van der Waals surface area contributed by atoms with Gasteiger partial charge < -0.3 is 15.7 Å². The molecule has 0 radical (unpaired) electrons. The lowest BCUT2D eigenvalue weighted by Crippen LogP contribution is -2.30. The van der Waals surface area contributed by atoms with Gasteiger partial charge in [0, 0.05) is 18.7 Å². The van der Waals surface area contributed by atoms with Gasteiger partial charge >= 0.3 is 12.0 Å². The van der Waals surface area contributed by atoms with Gasteiger partial charge in [-0.3, -0.25) is 9.20 Å². The number of aromatic nitrogens is 3. The number of hydrogen-bond acceptors (Lipinski definition) is 4. The van der Waals surface area contributed by atoms with Gasteiger partial charge in [0.05, 0.1) is 12.1 Å². The molecule has 2 rings (SSSR count). The second-order valence-corrected chi connectivity index (χ2v) is 4.88. The lowest BCUT2D eigenvalue weighted by molar-refractivity contribution is -0.136. The standard InChI is InChI=1S/C13H17N5O3/c1-8(2)12-17-16-10-4-3-9(7-18(10)12)15-13(21)14-6-5-11(19)20/h3-4,7-8H,5-6H2,1-2H3,(H,19,20)(H2,14,15,21). The van der Waals surface area contributed by atoms with E-state index in [2.05, 4.69) is 20.8 Å². The van der Waals surface area contributed by atoms with Gasteiger partial charge in [0.2, 0.25) is 0 Å². The highest BCUT2D eigenvalue weighted by Gasteiger charge is 2.10. The molecule has 0 unspecified atom stereocenters. The Morgan fingerprint density at radius 3 is 2.76 bits per heavy atom. The average molecular weight is 291 g/mol. The normalized spacial score (nSPS) is 10.8. The molecule has 8 heteroatoms. The summed E-state index contributed by atoms with van der Waals surface area (Å²) in [6.45, 7) is 4.09. The molecule has 0 spiro atoms. The molecule has 0 saturated heterocycles. The minimum atomic E-state index is -0.956. The van der Waals surface area contributed by atoms with Crippen molar-refractivity contribution in [3.8, 4) is 0 Å². The van der Waals surface area contributed by atoms with E-state index >= 15 is 0 Å². The predicted octanol–water partition coefficient (Wildman–Crippen LogP) is 1.45. The Kier molecular flexibility index (Phi) is 4.36. The van der Waals surface area contributed by atoms with Crippen molar-refractivity contribution >= 4 is 23.3 Å². The molecule has 8 nitrogen and oxygen atoms in total. The summed E-state index contributed by atoms with van der Waals surface area (Å²) in [7, 11) is 0. The zero-order valence-electron chi connectivity index (χ0n) is 11.8. The summed E-state index contributed by atoms with van der Waals surface area (Å²) in [5, 5.41) is 21.8. The molecule has 2 amide bonds. The molecule has 0 aromatic carbocycles. The lowest BCUT2D eigenvalue weighted by Gasteiger charge is -2.08. The molecule has 0 fully saturated rings. The number of nitrogens with zero attached hydrogens (tertiary/aromatic N) is 3. The van der Waals surface area contributed by atoms with Crippen LogP contribution < -0.4 is 10.6 Å². The highest BCUT2D eigenvalue weighted by atomic mass is 16.4. The predicted molar refractivity (Wildman–Crippen MR) is 76.4 cm³/mol. The van der Waals surface area contributed by atoms with Gasteiger partial charge in [-0.15, -0.1) is 10.2 Å². The van der Waals surface area contributed by atoms with Crippen molar-refractivity contribution < 1.29 is 14.7 Å². The minimum Gasteiger partial charge on any atom is -0.481 e. The van der Waals surface area contributed by atoms with Crippen molar-refractivity contribution in [2.75, 3.05) is 11.9 Å². The number of fused-ring (bicyclic) bond motifs is 1.